The third-order valence-electron chi connectivity index (χ3n) is 4.03. The van der Waals surface area contributed by atoms with Gasteiger partial charge >= 0.3 is 0 Å². The van der Waals surface area contributed by atoms with Gasteiger partial charge in [0.2, 0.25) is 5.91 Å². The van der Waals surface area contributed by atoms with E-state index in [1.54, 1.807) is 26.2 Å². The van der Waals surface area contributed by atoms with Crippen LogP contribution in [0.3, 0.4) is 0 Å². The monoisotopic (exact) mass is 375 g/mol. The average Bonchev–Trinajstić information content (AvgIpc) is 2.70. The summed E-state index contributed by atoms with van der Waals surface area (Å²) in [5.41, 5.74) is 1.10. The molecular formula is C20H25NO4S. The van der Waals surface area contributed by atoms with Crippen LogP contribution in [0.5, 0.6) is 17.2 Å². The van der Waals surface area contributed by atoms with Crippen LogP contribution in [-0.2, 0) is 11.2 Å². The number of methoxy groups -OCH3 is 3. The maximum atomic E-state index is 12.3. The summed E-state index contributed by atoms with van der Waals surface area (Å²) in [6.45, 7) is 0.650. The van der Waals surface area contributed by atoms with E-state index in [-0.39, 0.29) is 5.91 Å². The van der Waals surface area contributed by atoms with Crippen molar-refractivity contribution in [2.45, 2.75) is 11.3 Å². The Morgan fingerprint density at radius 3 is 2.27 bits per heavy atom. The van der Waals surface area contributed by atoms with Gasteiger partial charge in [0.05, 0.1) is 27.1 Å². The highest BCUT2D eigenvalue weighted by atomic mass is 32.2. The second-order valence-electron chi connectivity index (χ2n) is 5.72. The van der Waals surface area contributed by atoms with Gasteiger partial charge in [-0.25, -0.2) is 0 Å². The van der Waals surface area contributed by atoms with Crippen molar-refractivity contribution in [2.75, 3.05) is 40.7 Å². The molecule has 6 heteroatoms. The van der Waals surface area contributed by atoms with Crippen molar-refractivity contribution in [1.29, 1.82) is 0 Å². The topological polar surface area (TPSA) is 48.0 Å². The highest BCUT2D eigenvalue weighted by molar-refractivity contribution is 8.00. The van der Waals surface area contributed by atoms with Crippen molar-refractivity contribution >= 4 is 17.7 Å². The highest BCUT2D eigenvalue weighted by Crippen LogP contribution is 2.27. The van der Waals surface area contributed by atoms with Gasteiger partial charge in [-0.15, -0.1) is 11.8 Å². The zero-order valence-corrected chi connectivity index (χ0v) is 16.5. The maximum absolute atomic E-state index is 12.3. The predicted molar refractivity (Wildman–Crippen MR) is 105 cm³/mol. The van der Waals surface area contributed by atoms with Gasteiger partial charge in [-0.05, 0) is 48.4 Å². The Bertz CT molecular complexity index is 718. The summed E-state index contributed by atoms with van der Waals surface area (Å²) >= 11 is 1.53. The largest absolute Gasteiger partial charge is 0.497 e. The lowest BCUT2D eigenvalue weighted by Crippen LogP contribution is -2.30. The molecule has 0 spiro atoms. The summed E-state index contributed by atoms with van der Waals surface area (Å²) in [6, 6.07) is 13.5. The third-order valence-corrected chi connectivity index (χ3v) is 5.03. The zero-order chi connectivity index (χ0) is 18.9. The van der Waals surface area contributed by atoms with Gasteiger partial charge in [0, 0.05) is 18.5 Å². The molecule has 26 heavy (non-hydrogen) atoms. The van der Waals surface area contributed by atoms with Gasteiger partial charge in [-0.3, -0.25) is 4.79 Å². The molecule has 0 aliphatic heterocycles. The van der Waals surface area contributed by atoms with E-state index in [4.69, 9.17) is 14.2 Å². The standard InChI is InChI=1S/C20H25NO4S/c1-21(12-11-15-5-10-18(24-3)19(13-15)25-4)20(22)14-26-17-8-6-16(23-2)7-9-17/h5-10,13H,11-12,14H2,1-4H3. The van der Waals surface area contributed by atoms with Crippen molar-refractivity contribution in [3.63, 3.8) is 0 Å². The summed E-state index contributed by atoms with van der Waals surface area (Å²) in [6.07, 6.45) is 0.760. The molecule has 0 fully saturated rings. The number of hydrogen-bond donors (Lipinski definition) is 0. The first-order valence-electron chi connectivity index (χ1n) is 8.29. The smallest absolute Gasteiger partial charge is 0.232 e. The van der Waals surface area contributed by atoms with E-state index in [2.05, 4.69) is 0 Å². The molecule has 0 unspecified atom stereocenters. The summed E-state index contributed by atoms with van der Waals surface area (Å²) in [5.74, 6) is 2.74. The van der Waals surface area contributed by atoms with Crippen LogP contribution in [-0.4, -0.2) is 51.5 Å². The quantitative estimate of drug-likeness (QED) is 0.628. The second-order valence-corrected chi connectivity index (χ2v) is 6.77. The van der Waals surface area contributed by atoms with Crippen LogP contribution in [0.4, 0.5) is 0 Å². The van der Waals surface area contributed by atoms with E-state index < -0.39 is 0 Å². The van der Waals surface area contributed by atoms with Gasteiger partial charge in [-0.2, -0.15) is 0 Å². The minimum absolute atomic E-state index is 0.103. The van der Waals surface area contributed by atoms with Crippen LogP contribution in [0.1, 0.15) is 5.56 Å². The molecule has 140 valence electrons. The first kappa shape index (κ1) is 20.0. The Hall–Kier alpha value is -2.34. The van der Waals surface area contributed by atoms with Gasteiger partial charge in [0.1, 0.15) is 5.75 Å². The average molecular weight is 375 g/mol. The molecule has 0 bridgehead atoms. The highest BCUT2D eigenvalue weighted by Gasteiger charge is 2.11. The number of thioether (sulfide) groups is 1. The Labute approximate surface area is 159 Å². The Kier molecular flexibility index (Phi) is 7.66. The number of carbonyl (C=O) groups excluding carboxylic acids is 1. The van der Waals surface area contributed by atoms with E-state index in [0.717, 1.165) is 22.6 Å². The zero-order valence-electron chi connectivity index (χ0n) is 15.7. The molecule has 1 amide bonds. The fraction of sp³-hybridized carbons (Fsp3) is 0.350. The summed E-state index contributed by atoms with van der Waals surface area (Å²) < 4.78 is 15.7. The number of ether oxygens (including phenoxy) is 3. The van der Waals surface area contributed by atoms with E-state index in [0.29, 0.717) is 23.8 Å². The normalized spacial score (nSPS) is 10.3. The molecule has 0 aliphatic rings. The molecule has 0 atom stereocenters. The van der Waals surface area contributed by atoms with Crippen molar-refractivity contribution in [3.05, 3.63) is 48.0 Å². The molecular weight excluding hydrogens is 350 g/mol. The van der Waals surface area contributed by atoms with Crippen molar-refractivity contribution in [3.8, 4) is 17.2 Å². The summed E-state index contributed by atoms with van der Waals surface area (Å²) in [5, 5.41) is 0. The van der Waals surface area contributed by atoms with Crippen molar-refractivity contribution in [1.82, 2.24) is 4.90 Å². The lowest BCUT2D eigenvalue weighted by atomic mass is 10.1. The number of likely N-dealkylation sites (N-methyl/N-ethyl adjacent to an activating group) is 1. The molecule has 0 saturated heterocycles. The molecule has 0 saturated carbocycles. The minimum atomic E-state index is 0.103. The first-order chi connectivity index (χ1) is 12.6. The number of rotatable bonds is 9. The molecule has 0 radical (unpaired) electrons. The Morgan fingerprint density at radius 2 is 1.65 bits per heavy atom. The fourth-order valence-electron chi connectivity index (χ4n) is 2.38. The van der Waals surface area contributed by atoms with Gasteiger partial charge in [0.25, 0.3) is 0 Å². The first-order valence-corrected chi connectivity index (χ1v) is 9.27. The van der Waals surface area contributed by atoms with E-state index in [1.807, 2.05) is 49.5 Å². The Morgan fingerprint density at radius 1 is 0.962 bits per heavy atom. The molecule has 2 aromatic carbocycles. The molecule has 2 aromatic rings. The van der Waals surface area contributed by atoms with E-state index >= 15 is 0 Å². The lowest BCUT2D eigenvalue weighted by Gasteiger charge is -2.17. The predicted octanol–water partition coefficient (Wildman–Crippen LogP) is 3.51. The van der Waals surface area contributed by atoms with Gasteiger partial charge < -0.3 is 19.1 Å². The number of carbonyl (C=O) groups is 1. The van der Waals surface area contributed by atoms with Crippen LogP contribution in [0, 0.1) is 0 Å². The van der Waals surface area contributed by atoms with Crippen LogP contribution in [0.15, 0.2) is 47.4 Å². The second kappa shape index (κ2) is 9.97. The molecule has 0 aliphatic carbocycles. The molecule has 2 rings (SSSR count). The lowest BCUT2D eigenvalue weighted by molar-refractivity contribution is -0.127. The fourth-order valence-corrected chi connectivity index (χ4v) is 3.22. The van der Waals surface area contributed by atoms with E-state index in [1.165, 1.54) is 11.8 Å². The van der Waals surface area contributed by atoms with E-state index in [9.17, 15) is 4.79 Å². The van der Waals surface area contributed by atoms with Crippen LogP contribution in [0.2, 0.25) is 0 Å². The maximum Gasteiger partial charge on any atom is 0.232 e. The van der Waals surface area contributed by atoms with Crippen LogP contribution in [0.25, 0.3) is 0 Å². The van der Waals surface area contributed by atoms with Crippen LogP contribution >= 0.6 is 11.8 Å². The molecule has 0 aromatic heterocycles. The summed E-state index contributed by atoms with van der Waals surface area (Å²) in [4.78, 5) is 15.1. The molecule has 0 N–H and O–H groups in total. The number of benzene rings is 2. The number of amides is 1. The third kappa shape index (κ3) is 5.59. The van der Waals surface area contributed by atoms with Gasteiger partial charge in [0.15, 0.2) is 11.5 Å². The van der Waals surface area contributed by atoms with Gasteiger partial charge in [-0.1, -0.05) is 6.07 Å². The Balaban J connectivity index is 1.82. The molecule has 0 heterocycles. The summed E-state index contributed by atoms with van der Waals surface area (Å²) in [7, 11) is 6.70. The number of hydrogen-bond acceptors (Lipinski definition) is 5. The SMILES string of the molecule is COc1ccc(SCC(=O)N(C)CCc2ccc(OC)c(OC)c2)cc1. The minimum Gasteiger partial charge on any atom is -0.497 e. The number of nitrogens with zero attached hydrogens (tertiary/aromatic N) is 1. The van der Waals surface area contributed by atoms with Crippen LogP contribution < -0.4 is 14.2 Å². The van der Waals surface area contributed by atoms with Crippen molar-refractivity contribution < 1.29 is 19.0 Å². The van der Waals surface area contributed by atoms with Crippen molar-refractivity contribution in [2.24, 2.45) is 0 Å². The molecule has 5 nitrogen and oxygen atoms in total.